The van der Waals surface area contributed by atoms with Crippen LogP contribution in [0.15, 0.2) is 27.6 Å². The van der Waals surface area contributed by atoms with Gasteiger partial charge in [0.05, 0.1) is 16.0 Å². The number of hydrogen-bond acceptors (Lipinski definition) is 4. The summed E-state index contributed by atoms with van der Waals surface area (Å²) in [5.74, 6) is 1.11. The molecule has 0 saturated carbocycles. The van der Waals surface area contributed by atoms with Crippen LogP contribution in [0.2, 0.25) is 0 Å². The van der Waals surface area contributed by atoms with Crippen molar-refractivity contribution in [1.82, 2.24) is 0 Å². The highest BCUT2D eigenvalue weighted by molar-refractivity contribution is 9.10. The van der Waals surface area contributed by atoms with Crippen molar-refractivity contribution >= 4 is 26.0 Å². The van der Waals surface area contributed by atoms with Crippen molar-refractivity contribution in [1.29, 1.82) is 0 Å². The standard InChI is InChI=1S/C12H16BrNO4S/c13-11-7-10(19(14,15)16)1-2-12(11)18-8-9-3-5-17-6-4-9/h1-2,7,9H,3-6,8H2,(H2,14,15,16). The Morgan fingerprint density at radius 1 is 1.37 bits per heavy atom. The Hall–Kier alpha value is -0.630. The summed E-state index contributed by atoms with van der Waals surface area (Å²) in [5.41, 5.74) is 0. The monoisotopic (exact) mass is 349 g/mol. The number of benzene rings is 1. The van der Waals surface area contributed by atoms with Gasteiger partial charge in [-0.2, -0.15) is 0 Å². The van der Waals surface area contributed by atoms with E-state index in [0.29, 0.717) is 22.7 Å². The van der Waals surface area contributed by atoms with E-state index in [2.05, 4.69) is 15.9 Å². The van der Waals surface area contributed by atoms with Crippen LogP contribution in [0.1, 0.15) is 12.8 Å². The zero-order valence-electron chi connectivity index (χ0n) is 10.3. The predicted octanol–water partition coefficient (Wildman–Crippen LogP) is 1.90. The molecule has 19 heavy (non-hydrogen) atoms. The molecule has 2 rings (SSSR count). The van der Waals surface area contributed by atoms with Crippen molar-refractivity contribution in [2.45, 2.75) is 17.7 Å². The average Bonchev–Trinajstić information content (AvgIpc) is 2.37. The molecule has 106 valence electrons. The lowest BCUT2D eigenvalue weighted by atomic mass is 10.0. The highest BCUT2D eigenvalue weighted by Crippen LogP contribution is 2.28. The molecule has 0 radical (unpaired) electrons. The van der Waals surface area contributed by atoms with E-state index in [0.717, 1.165) is 26.1 Å². The van der Waals surface area contributed by atoms with E-state index in [-0.39, 0.29) is 4.90 Å². The summed E-state index contributed by atoms with van der Waals surface area (Å²) in [6.45, 7) is 2.16. The summed E-state index contributed by atoms with van der Waals surface area (Å²) in [7, 11) is -3.68. The molecule has 1 aromatic rings. The minimum atomic E-state index is -3.68. The van der Waals surface area contributed by atoms with Crippen molar-refractivity contribution in [3.05, 3.63) is 22.7 Å². The van der Waals surface area contributed by atoms with Crippen molar-refractivity contribution in [3.63, 3.8) is 0 Å². The third-order valence-corrected chi connectivity index (χ3v) is 4.58. The fourth-order valence-electron chi connectivity index (χ4n) is 1.90. The first-order chi connectivity index (χ1) is 8.97. The summed E-state index contributed by atoms with van der Waals surface area (Å²) in [6.07, 6.45) is 1.99. The number of halogens is 1. The van der Waals surface area contributed by atoms with Gasteiger partial charge in [0.1, 0.15) is 5.75 Å². The molecule has 0 bridgehead atoms. The molecule has 1 heterocycles. The van der Waals surface area contributed by atoms with Gasteiger partial charge in [0.15, 0.2) is 0 Å². The fraction of sp³-hybridized carbons (Fsp3) is 0.500. The van der Waals surface area contributed by atoms with E-state index in [1.54, 1.807) is 6.07 Å². The van der Waals surface area contributed by atoms with E-state index in [4.69, 9.17) is 14.6 Å². The Morgan fingerprint density at radius 3 is 2.63 bits per heavy atom. The lowest BCUT2D eigenvalue weighted by Gasteiger charge is -2.22. The summed E-state index contributed by atoms with van der Waals surface area (Å²) in [4.78, 5) is 0.0674. The average molecular weight is 350 g/mol. The van der Waals surface area contributed by atoms with E-state index in [9.17, 15) is 8.42 Å². The van der Waals surface area contributed by atoms with Crippen LogP contribution in [0.25, 0.3) is 0 Å². The van der Waals surface area contributed by atoms with Gasteiger partial charge in [-0.05, 0) is 52.9 Å². The molecule has 0 unspecified atom stereocenters. The van der Waals surface area contributed by atoms with Gasteiger partial charge in [0.25, 0.3) is 0 Å². The largest absolute Gasteiger partial charge is 0.492 e. The van der Waals surface area contributed by atoms with Crippen molar-refractivity contribution in [2.75, 3.05) is 19.8 Å². The first-order valence-electron chi connectivity index (χ1n) is 6.00. The highest BCUT2D eigenvalue weighted by Gasteiger charge is 2.16. The van der Waals surface area contributed by atoms with Crippen molar-refractivity contribution < 1.29 is 17.9 Å². The third-order valence-electron chi connectivity index (χ3n) is 3.05. The summed E-state index contributed by atoms with van der Waals surface area (Å²) >= 11 is 3.29. The van der Waals surface area contributed by atoms with E-state index < -0.39 is 10.0 Å². The first kappa shape index (κ1) is 14.8. The Kier molecular flexibility index (Phi) is 4.83. The molecule has 1 aliphatic heterocycles. The third kappa shape index (κ3) is 4.17. The van der Waals surface area contributed by atoms with Crippen LogP contribution < -0.4 is 9.88 Å². The summed E-state index contributed by atoms with van der Waals surface area (Å²) in [6, 6.07) is 4.51. The maximum absolute atomic E-state index is 11.2. The molecule has 0 aromatic heterocycles. The number of sulfonamides is 1. The molecule has 0 amide bonds. The molecule has 1 aromatic carbocycles. The van der Waals surface area contributed by atoms with Gasteiger partial charge >= 0.3 is 0 Å². The normalized spacial score (nSPS) is 17.4. The number of primary sulfonamides is 1. The SMILES string of the molecule is NS(=O)(=O)c1ccc(OCC2CCOCC2)c(Br)c1. The molecule has 2 N–H and O–H groups in total. The maximum Gasteiger partial charge on any atom is 0.238 e. The molecule has 5 nitrogen and oxygen atoms in total. The van der Waals surface area contributed by atoms with Crippen LogP contribution in [0.4, 0.5) is 0 Å². The van der Waals surface area contributed by atoms with Crippen molar-refractivity contribution in [2.24, 2.45) is 11.1 Å². The van der Waals surface area contributed by atoms with Gasteiger partial charge in [-0.15, -0.1) is 0 Å². The molecule has 0 aliphatic carbocycles. The Bertz CT molecular complexity index is 541. The molecule has 1 saturated heterocycles. The van der Waals surface area contributed by atoms with E-state index in [1.807, 2.05) is 0 Å². The number of nitrogens with two attached hydrogens (primary N) is 1. The Morgan fingerprint density at radius 2 is 2.05 bits per heavy atom. The molecule has 1 aliphatic rings. The lowest BCUT2D eigenvalue weighted by molar-refractivity contribution is 0.0496. The number of rotatable bonds is 4. The quantitative estimate of drug-likeness (QED) is 0.900. The summed E-state index contributed by atoms with van der Waals surface area (Å²) < 4.78 is 34.0. The molecule has 0 atom stereocenters. The van der Waals surface area contributed by atoms with Crippen LogP contribution >= 0.6 is 15.9 Å². The first-order valence-corrected chi connectivity index (χ1v) is 8.33. The molecule has 1 fully saturated rings. The Balaban J connectivity index is 2.01. The zero-order valence-corrected chi connectivity index (χ0v) is 12.7. The second-order valence-corrected chi connectivity index (χ2v) is 6.92. The minimum Gasteiger partial charge on any atom is -0.492 e. The zero-order chi connectivity index (χ0) is 13.9. The van der Waals surface area contributed by atoms with Gasteiger partial charge in [-0.3, -0.25) is 0 Å². The highest BCUT2D eigenvalue weighted by atomic mass is 79.9. The molecule has 0 spiro atoms. The van der Waals surface area contributed by atoms with Crippen molar-refractivity contribution in [3.8, 4) is 5.75 Å². The summed E-state index contributed by atoms with van der Waals surface area (Å²) in [5, 5.41) is 5.06. The van der Waals surface area contributed by atoms with E-state index in [1.165, 1.54) is 12.1 Å². The van der Waals surface area contributed by atoms with Gasteiger partial charge in [0.2, 0.25) is 10.0 Å². The van der Waals surface area contributed by atoms with Gasteiger partial charge < -0.3 is 9.47 Å². The fourth-order valence-corrected chi connectivity index (χ4v) is 3.08. The Labute approximate surface area is 121 Å². The van der Waals surface area contributed by atoms with E-state index >= 15 is 0 Å². The second kappa shape index (κ2) is 6.21. The van der Waals surface area contributed by atoms with Crippen LogP contribution in [-0.2, 0) is 14.8 Å². The predicted molar refractivity (Wildman–Crippen MR) is 74.6 cm³/mol. The molecular formula is C12H16BrNO4S. The van der Waals surface area contributed by atoms with Crippen LogP contribution in [0.5, 0.6) is 5.75 Å². The number of hydrogen-bond donors (Lipinski definition) is 1. The van der Waals surface area contributed by atoms with Crippen LogP contribution in [-0.4, -0.2) is 28.2 Å². The second-order valence-electron chi connectivity index (χ2n) is 4.50. The maximum atomic E-state index is 11.2. The van der Waals surface area contributed by atoms with Gasteiger partial charge in [0, 0.05) is 13.2 Å². The number of ether oxygens (including phenoxy) is 2. The lowest BCUT2D eigenvalue weighted by Crippen LogP contribution is -2.21. The topological polar surface area (TPSA) is 78.6 Å². The minimum absolute atomic E-state index is 0.0674. The smallest absolute Gasteiger partial charge is 0.238 e. The molecular weight excluding hydrogens is 334 g/mol. The molecule has 7 heteroatoms. The van der Waals surface area contributed by atoms with Gasteiger partial charge in [-0.1, -0.05) is 0 Å². The van der Waals surface area contributed by atoms with Crippen LogP contribution in [0, 0.1) is 5.92 Å². The van der Waals surface area contributed by atoms with Gasteiger partial charge in [-0.25, -0.2) is 13.6 Å². The van der Waals surface area contributed by atoms with Crippen LogP contribution in [0.3, 0.4) is 0 Å².